The minimum absolute atomic E-state index is 0.0506. The Morgan fingerprint density at radius 1 is 0.892 bits per heavy atom. The van der Waals surface area contributed by atoms with Crippen LogP contribution in [0.4, 0.5) is 5.69 Å². The molecule has 6 heteroatoms. The van der Waals surface area contributed by atoms with E-state index in [9.17, 15) is 9.59 Å². The predicted molar refractivity (Wildman–Crippen MR) is 144 cm³/mol. The molecule has 3 aromatic rings. The number of fused-ring (bicyclic) bond motifs is 1. The molecule has 0 N–H and O–H groups in total. The highest BCUT2D eigenvalue weighted by molar-refractivity contribution is 6.01. The molecule has 1 saturated heterocycles. The molecular weight excluding hydrogens is 462 g/mol. The Hall–Kier alpha value is -3.80. The summed E-state index contributed by atoms with van der Waals surface area (Å²) in [4.78, 5) is 34.4. The van der Waals surface area contributed by atoms with Crippen molar-refractivity contribution in [2.75, 3.05) is 38.2 Å². The third kappa shape index (κ3) is 4.24. The van der Waals surface area contributed by atoms with E-state index in [0.717, 1.165) is 54.1 Å². The second kappa shape index (κ2) is 9.58. The van der Waals surface area contributed by atoms with E-state index < -0.39 is 5.92 Å². The van der Waals surface area contributed by atoms with Gasteiger partial charge >= 0.3 is 0 Å². The molecule has 0 bridgehead atoms. The Bertz CT molecular complexity index is 1330. The predicted octanol–water partition coefficient (Wildman–Crippen LogP) is 4.80. The van der Waals surface area contributed by atoms with Crippen molar-refractivity contribution in [2.45, 2.75) is 37.8 Å². The van der Waals surface area contributed by atoms with E-state index >= 15 is 0 Å². The van der Waals surface area contributed by atoms with E-state index in [2.05, 4.69) is 36.1 Å². The van der Waals surface area contributed by atoms with Crippen molar-refractivity contribution in [3.63, 3.8) is 0 Å². The Balaban J connectivity index is 1.34. The van der Waals surface area contributed by atoms with E-state index in [4.69, 9.17) is 4.74 Å². The molecule has 6 rings (SSSR count). The first-order valence-corrected chi connectivity index (χ1v) is 13.2. The normalized spacial score (nSPS) is 21.6. The number of amides is 2. The highest BCUT2D eigenvalue weighted by atomic mass is 16.5. The van der Waals surface area contributed by atoms with Crippen molar-refractivity contribution in [3.8, 4) is 5.75 Å². The van der Waals surface area contributed by atoms with Crippen molar-refractivity contribution in [1.82, 2.24) is 9.80 Å². The number of carbonyl (C=O) groups excluding carboxylic acids is 2. The number of hydrogen-bond acceptors (Lipinski definition) is 4. The maximum absolute atomic E-state index is 14.4. The molecule has 37 heavy (non-hydrogen) atoms. The number of benzene rings is 3. The zero-order valence-corrected chi connectivity index (χ0v) is 21.5. The number of anilines is 1. The van der Waals surface area contributed by atoms with Gasteiger partial charge in [0.1, 0.15) is 5.75 Å². The number of methoxy groups -OCH3 is 1. The number of rotatable bonds is 5. The van der Waals surface area contributed by atoms with Gasteiger partial charge in [0.2, 0.25) is 5.91 Å². The van der Waals surface area contributed by atoms with Crippen LogP contribution in [-0.4, -0.2) is 60.9 Å². The summed E-state index contributed by atoms with van der Waals surface area (Å²) in [5.41, 5.74) is 4.76. The van der Waals surface area contributed by atoms with Gasteiger partial charge in [0, 0.05) is 37.8 Å². The summed E-state index contributed by atoms with van der Waals surface area (Å²) in [6.45, 7) is 4.81. The molecule has 3 aliphatic rings. The summed E-state index contributed by atoms with van der Waals surface area (Å²) in [6, 6.07) is 24.0. The van der Waals surface area contributed by atoms with Crippen LogP contribution in [0.5, 0.6) is 5.75 Å². The minimum atomic E-state index is -0.422. The molecule has 3 aromatic carbocycles. The number of aryl methyl sites for hydroxylation is 1. The van der Waals surface area contributed by atoms with Crippen molar-refractivity contribution in [3.05, 3.63) is 95.1 Å². The first kappa shape index (κ1) is 23.6. The molecule has 0 radical (unpaired) electrons. The van der Waals surface area contributed by atoms with Gasteiger partial charge < -0.3 is 19.4 Å². The summed E-state index contributed by atoms with van der Waals surface area (Å²) in [6.07, 6.45) is 1.99. The smallest absolute Gasteiger partial charge is 0.254 e. The van der Waals surface area contributed by atoms with Crippen LogP contribution in [0.25, 0.3) is 0 Å². The number of nitrogens with zero attached hydrogens (tertiary/aromatic N) is 3. The minimum Gasteiger partial charge on any atom is -0.495 e. The lowest BCUT2D eigenvalue weighted by molar-refractivity contribution is -0.135. The van der Waals surface area contributed by atoms with Gasteiger partial charge in [0.05, 0.1) is 24.8 Å². The monoisotopic (exact) mass is 495 g/mol. The summed E-state index contributed by atoms with van der Waals surface area (Å²) >= 11 is 0. The zero-order valence-electron chi connectivity index (χ0n) is 21.5. The van der Waals surface area contributed by atoms with Crippen LogP contribution in [0.15, 0.2) is 72.8 Å². The summed E-state index contributed by atoms with van der Waals surface area (Å²) in [5, 5.41) is 0. The van der Waals surface area contributed by atoms with Gasteiger partial charge in [-0.1, -0.05) is 60.2 Å². The first-order valence-electron chi connectivity index (χ1n) is 13.2. The number of hydrogen-bond donors (Lipinski definition) is 0. The molecule has 2 atom stereocenters. The van der Waals surface area contributed by atoms with Crippen molar-refractivity contribution < 1.29 is 14.3 Å². The van der Waals surface area contributed by atoms with Crippen LogP contribution < -0.4 is 9.64 Å². The van der Waals surface area contributed by atoms with E-state index in [-0.39, 0.29) is 23.9 Å². The molecule has 1 saturated carbocycles. The lowest BCUT2D eigenvalue weighted by Gasteiger charge is -2.45. The number of piperazine rings is 1. The Kier molecular flexibility index (Phi) is 6.11. The standard InChI is InChI=1S/C31H33N3O3/c1-21-8-7-9-22(20-21)29-28(24-10-3-4-11-25(24)30(35)34(29)23-14-15-23)31(36)33-18-16-32(17-19-33)26-12-5-6-13-27(26)37-2/h3-13,20,23,28-29H,14-19H2,1-2H3. The number of para-hydroxylation sites is 2. The summed E-state index contributed by atoms with van der Waals surface area (Å²) in [7, 11) is 1.69. The van der Waals surface area contributed by atoms with Crippen LogP contribution in [-0.2, 0) is 4.79 Å². The van der Waals surface area contributed by atoms with E-state index in [1.807, 2.05) is 58.3 Å². The molecule has 2 unspecified atom stereocenters. The van der Waals surface area contributed by atoms with Crippen molar-refractivity contribution >= 4 is 17.5 Å². The van der Waals surface area contributed by atoms with E-state index in [0.29, 0.717) is 18.7 Å². The number of carbonyl (C=O) groups is 2. The van der Waals surface area contributed by atoms with Gasteiger partial charge in [0.15, 0.2) is 0 Å². The average molecular weight is 496 g/mol. The third-order valence-electron chi connectivity index (χ3n) is 7.98. The zero-order chi connectivity index (χ0) is 25.5. The van der Waals surface area contributed by atoms with Crippen LogP contribution in [0.3, 0.4) is 0 Å². The van der Waals surface area contributed by atoms with Gasteiger partial charge in [-0.25, -0.2) is 0 Å². The van der Waals surface area contributed by atoms with Gasteiger partial charge in [-0.2, -0.15) is 0 Å². The molecule has 190 valence electrons. The maximum atomic E-state index is 14.4. The lowest BCUT2D eigenvalue weighted by Crippen LogP contribution is -2.53. The quantitative estimate of drug-likeness (QED) is 0.511. The molecule has 6 nitrogen and oxygen atoms in total. The molecule has 2 heterocycles. The Labute approximate surface area is 218 Å². The SMILES string of the molecule is COc1ccccc1N1CCN(C(=O)C2c3ccccc3C(=O)N(C3CC3)C2c2cccc(C)c2)CC1. The second-order valence-corrected chi connectivity index (χ2v) is 10.4. The van der Waals surface area contributed by atoms with Crippen LogP contribution in [0, 0.1) is 6.92 Å². The fourth-order valence-electron chi connectivity index (χ4n) is 6.04. The number of ether oxygens (including phenoxy) is 1. The molecule has 2 fully saturated rings. The third-order valence-corrected chi connectivity index (χ3v) is 7.98. The fraction of sp³-hybridized carbons (Fsp3) is 0.355. The van der Waals surface area contributed by atoms with Gasteiger partial charge in [-0.15, -0.1) is 0 Å². The van der Waals surface area contributed by atoms with Crippen LogP contribution in [0.2, 0.25) is 0 Å². The Morgan fingerprint density at radius 3 is 2.35 bits per heavy atom. The van der Waals surface area contributed by atoms with Gasteiger partial charge in [-0.05, 0) is 49.1 Å². The molecule has 0 aromatic heterocycles. The summed E-state index contributed by atoms with van der Waals surface area (Å²) < 4.78 is 5.57. The fourth-order valence-corrected chi connectivity index (χ4v) is 6.04. The first-order chi connectivity index (χ1) is 18.1. The van der Waals surface area contributed by atoms with Crippen molar-refractivity contribution in [1.29, 1.82) is 0 Å². The van der Waals surface area contributed by atoms with E-state index in [1.165, 1.54) is 0 Å². The molecule has 2 amide bonds. The highest BCUT2D eigenvalue weighted by Gasteiger charge is 2.50. The molecule has 2 aliphatic heterocycles. The van der Waals surface area contributed by atoms with Gasteiger partial charge in [-0.3, -0.25) is 9.59 Å². The van der Waals surface area contributed by atoms with Gasteiger partial charge in [0.25, 0.3) is 5.91 Å². The molecule has 1 aliphatic carbocycles. The van der Waals surface area contributed by atoms with Crippen LogP contribution in [0.1, 0.15) is 51.8 Å². The second-order valence-electron chi connectivity index (χ2n) is 10.4. The maximum Gasteiger partial charge on any atom is 0.254 e. The molecule has 0 spiro atoms. The largest absolute Gasteiger partial charge is 0.495 e. The van der Waals surface area contributed by atoms with Crippen molar-refractivity contribution in [2.24, 2.45) is 0 Å². The lowest BCUT2D eigenvalue weighted by atomic mass is 9.78. The summed E-state index contributed by atoms with van der Waals surface area (Å²) in [5.74, 6) is 0.585. The average Bonchev–Trinajstić information content (AvgIpc) is 3.78. The van der Waals surface area contributed by atoms with Crippen LogP contribution >= 0.6 is 0 Å². The van der Waals surface area contributed by atoms with E-state index in [1.54, 1.807) is 7.11 Å². The molecular formula is C31H33N3O3. The topological polar surface area (TPSA) is 53.1 Å². The highest BCUT2D eigenvalue weighted by Crippen LogP contribution is 2.48. The Morgan fingerprint density at radius 2 is 1.62 bits per heavy atom.